The van der Waals surface area contributed by atoms with Crippen molar-refractivity contribution in [1.29, 1.82) is 0 Å². The molecule has 0 saturated carbocycles. The van der Waals surface area contributed by atoms with Crippen LogP contribution in [-0.4, -0.2) is 19.3 Å². The van der Waals surface area contributed by atoms with Crippen molar-refractivity contribution >= 4 is 0 Å². The zero-order valence-electron chi connectivity index (χ0n) is 6.02. The van der Waals surface area contributed by atoms with Gasteiger partial charge in [-0.2, -0.15) is 0 Å². The Hall–Kier alpha value is -0.120. The maximum atomic E-state index is 6.43. The predicted octanol–water partition coefficient (Wildman–Crippen LogP) is 1.02. The fourth-order valence-corrected chi connectivity index (χ4v) is 0.612. The fourth-order valence-electron chi connectivity index (χ4n) is 0.612. The second-order valence-corrected chi connectivity index (χ2v) is 1.80. The average Bonchev–Trinajstić information content (AvgIpc) is 1.88. The third-order valence-electron chi connectivity index (χ3n) is 1.13. The van der Waals surface area contributed by atoms with E-state index >= 15 is 0 Å². The van der Waals surface area contributed by atoms with Crippen molar-refractivity contribution in [2.24, 2.45) is 0 Å². The van der Waals surface area contributed by atoms with Crippen LogP contribution in [0.3, 0.4) is 0 Å². The van der Waals surface area contributed by atoms with E-state index in [2.05, 4.69) is 4.84 Å². The monoisotopic (exact) mass is 132 g/mol. The number of hydrogen-bond donors (Lipinski definition) is 0. The second kappa shape index (κ2) is 6.01. The minimum Gasteiger partial charge on any atom is -0.376 e. The van der Waals surface area contributed by atoms with Gasteiger partial charge in [0.2, 0.25) is 0 Å². The van der Waals surface area contributed by atoms with Crippen molar-refractivity contribution in [3.05, 3.63) is 0 Å². The van der Waals surface area contributed by atoms with E-state index < -0.39 is 0 Å². The van der Waals surface area contributed by atoms with E-state index in [1.165, 1.54) is 0 Å². The van der Waals surface area contributed by atoms with Gasteiger partial charge in [0.15, 0.2) is 0 Å². The summed E-state index contributed by atoms with van der Waals surface area (Å²) in [7, 11) is 0. The van der Waals surface area contributed by atoms with Crippen molar-refractivity contribution in [2.75, 3.05) is 13.2 Å². The van der Waals surface area contributed by atoms with Crippen LogP contribution in [0.15, 0.2) is 0 Å². The van der Waals surface area contributed by atoms with E-state index in [4.69, 9.17) is 10.6 Å². The van der Waals surface area contributed by atoms with E-state index in [1.54, 1.807) is 0 Å². The van der Waals surface area contributed by atoms with Crippen LogP contribution < -0.4 is 5.90 Å². The summed E-state index contributed by atoms with van der Waals surface area (Å²) in [4.78, 5) is 4.17. The highest BCUT2D eigenvalue weighted by Crippen LogP contribution is 1.96. The zero-order chi connectivity index (χ0) is 7.11. The lowest BCUT2D eigenvalue weighted by Crippen LogP contribution is -2.18. The largest absolute Gasteiger partial charge is 0.376 e. The number of rotatable bonds is 5. The predicted molar refractivity (Wildman–Crippen MR) is 34.8 cm³/mol. The Bertz CT molecular complexity index is 53.0. The molecular weight excluding hydrogens is 118 g/mol. The molecule has 0 rings (SSSR count). The minimum absolute atomic E-state index is 0.104. The highest BCUT2D eigenvalue weighted by Gasteiger charge is 2.03. The Morgan fingerprint density at radius 2 is 2.11 bits per heavy atom. The molecule has 0 spiro atoms. The molecule has 0 heterocycles. The molecule has 0 aromatic rings. The standard InChI is InChI=1S/C6H14NO2/c1-3-6(5-9-7)8-4-2/h6-7H,3-5H2,1-2H3. The van der Waals surface area contributed by atoms with E-state index in [1.807, 2.05) is 13.8 Å². The van der Waals surface area contributed by atoms with Crippen LogP contribution in [0.4, 0.5) is 0 Å². The molecule has 0 amide bonds. The van der Waals surface area contributed by atoms with Gasteiger partial charge in [-0.15, -0.1) is 5.90 Å². The Morgan fingerprint density at radius 1 is 1.44 bits per heavy atom. The first-order valence-electron chi connectivity index (χ1n) is 3.25. The molecule has 3 heteroatoms. The first-order chi connectivity index (χ1) is 4.35. The summed E-state index contributed by atoms with van der Waals surface area (Å²) in [6.45, 7) is 5.03. The van der Waals surface area contributed by atoms with Gasteiger partial charge >= 0.3 is 0 Å². The Morgan fingerprint density at radius 3 is 2.44 bits per heavy atom. The summed E-state index contributed by atoms with van der Waals surface area (Å²) < 4.78 is 5.19. The Labute approximate surface area is 56.1 Å². The third-order valence-corrected chi connectivity index (χ3v) is 1.13. The molecule has 1 N–H and O–H groups in total. The van der Waals surface area contributed by atoms with Crippen LogP contribution in [0.5, 0.6) is 0 Å². The second-order valence-electron chi connectivity index (χ2n) is 1.80. The first kappa shape index (κ1) is 8.88. The maximum Gasteiger partial charge on any atom is 0.0961 e. The van der Waals surface area contributed by atoms with E-state index in [0.717, 1.165) is 6.42 Å². The molecule has 0 aliphatic heterocycles. The third kappa shape index (κ3) is 4.39. The Kier molecular flexibility index (Phi) is 5.93. The summed E-state index contributed by atoms with van der Waals surface area (Å²) >= 11 is 0. The van der Waals surface area contributed by atoms with Gasteiger partial charge in [-0.05, 0) is 13.3 Å². The first-order valence-corrected chi connectivity index (χ1v) is 3.25. The molecule has 55 valence electrons. The van der Waals surface area contributed by atoms with Crippen LogP contribution >= 0.6 is 0 Å². The quantitative estimate of drug-likeness (QED) is 0.524. The van der Waals surface area contributed by atoms with Gasteiger partial charge < -0.3 is 4.74 Å². The summed E-state index contributed by atoms with van der Waals surface area (Å²) in [6, 6.07) is 0. The molecule has 0 aromatic carbocycles. The summed E-state index contributed by atoms with van der Waals surface area (Å²) in [6.07, 6.45) is 1.01. The van der Waals surface area contributed by atoms with E-state index in [0.29, 0.717) is 13.2 Å². The molecule has 0 aliphatic carbocycles. The van der Waals surface area contributed by atoms with Gasteiger partial charge in [-0.3, -0.25) is 4.84 Å². The number of nitrogens with one attached hydrogen (secondary N) is 1. The summed E-state index contributed by atoms with van der Waals surface area (Å²) in [5, 5.41) is 0. The van der Waals surface area contributed by atoms with Crippen LogP contribution in [0, 0.1) is 0 Å². The molecular formula is C6H14NO2. The summed E-state index contributed by atoms with van der Waals surface area (Å²) in [5.41, 5.74) is 0. The average molecular weight is 132 g/mol. The number of hydrogen-bond acceptors (Lipinski definition) is 2. The molecule has 3 nitrogen and oxygen atoms in total. The lowest BCUT2D eigenvalue weighted by atomic mass is 10.3. The molecule has 0 aromatic heterocycles. The minimum atomic E-state index is 0.104. The Balaban J connectivity index is 3.18. The van der Waals surface area contributed by atoms with E-state index in [-0.39, 0.29) is 6.10 Å². The van der Waals surface area contributed by atoms with Gasteiger partial charge in [0.05, 0.1) is 12.7 Å². The van der Waals surface area contributed by atoms with Crippen LogP contribution in [0.2, 0.25) is 0 Å². The summed E-state index contributed by atoms with van der Waals surface area (Å²) in [5.74, 6) is 6.43. The van der Waals surface area contributed by atoms with Crippen LogP contribution in [0.25, 0.3) is 0 Å². The molecule has 0 bridgehead atoms. The van der Waals surface area contributed by atoms with Crippen molar-refractivity contribution in [3.63, 3.8) is 0 Å². The van der Waals surface area contributed by atoms with Gasteiger partial charge in [0, 0.05) is 6.61 Å². The smallest absolute Gasteiger partial charge is 0.0961 e. The van der Waals surface area contributed by atoms with Gasteiger partial charge in [0.1, 0.15) is 0 Å². The van der Waals surface area contributed by atoms with Crippen molar-refractivity contribution < 1.29 is 9.57 Å². The highest BCUT2D eigenvalue weighted by molar-refractivity contribution is 4.50. The number of ether oxygens (including phenoxy) is 1. The maximum absolute atomic E-state index is 6.43. The molecule has 1 radical (unpaired) electrons. The molecule has 0 saturated heterocycles. The molecule has 1 unspecified atom stereocenters. The van der Waals surface area contributed by atoms with E-state index in [9.17, 15) is 0 Å². The molecule has 0 fully saturated rings. The highest BCUT2D eigenvalue weighted by atomic mass is 16.6. The SMILES string of the molecule is CCOC(CC)CO[NH]. The normalized spacial score (nSPS) is 13.7. The van der Waals surface area contributed by atoms with Gasteiger partial charge in [0.25, 0.3) is 0 Å². The van der Waals surface area contributed by atoms with Gasteiger partial charge in [-0.25, -0.2) is 0 Å². The molecule has 1 atom stereocenters. The van der Waals surface area contributed by atoms with Crippen molar-refractivity contribution in [3.8, 4) is 0 Å². The van der Waals surface area contributed by atoms with Crippen LogP contribution in [0.1, 0.15) is 20.3 Å². The van der Waals surface area contributed by atoms with Crippen molar-refractivity contribution in [1.82, 2.24) is 5.90 Å². The molecule has 9 heavy (non-hydrogen) atoms. The zero-order valence-corrected chi connectivity index (χ0v) is 6.02. The topological polar surface area (TPSA) is 42.3 Å². The fraction of sp³-hybridized carbons (Fsp3) is 1.00. The molecule has 0 aliphatic rings. The lowest BCUT2D eigenvalue weighted by Gasteiger charge is -2.11. The van der Waals surface area contributed by atoms with Crippen molar-refractivity contribution in [2.45, 2.75) is 26.4 Å². The van der Waals surface area contributed by atoms with Crippen LogP contribution in [-0.2, 0) is 9.57 Å². The van der Waals surface area contributed by atoms with Gasteiger partial charge in [-0.1, -0.05) is 6.92 Å². The lowest BCUT2D eigenvalue weighted by molar-refractivity contribution is -0.0201.